The van der Waals surface area contributed by atoms with Crippen LogP contribution in [0.2, 0.25) is 0 Å². The first-order chi connectivity index (χ1) is 11.2. The van der Waals surface area contributed by atoms with Crippen LogP contribution in [-0.2, 0) is 0 Å². The van der Waals surface area contributed by atoms with E-state index in [2.05, 4.69) is 45.5 Å². The molecule has 0 amide bonds. The second kappa shape index (κ2) is 6.75. The number of hydrogen-bond acceptors (Lipinski definition) is 5. The van der Waals surface area contributed by atoms with Crippen LogP contribution in [0.15, 0.2) is 30.2 Å². The van der Waals surface area contributed by atoms with E-state index in [0.29, 0.717) is 11.9 Å². The van der Waals surface area contributed by atoms with Gasteiger partial charge in [-0.1, -0.05) is 12.7 Å². The summed E-state index contributed by atoms with van der Waals surface area (Å²) in [5.74, 6) is 1.51. The lowest BCUT2D eigenvalue weighted by molar-refractivity contribution is 0.263. The summed E-state index contributed by atoms with van der Waals surface area (Å²) in [6, 6.07) is 0.450. The number of nitrogens with zero attached hydrogens (tertiary/aromatic N) is 4. The van der Waals surface area contributed by atoms with Gasteiger partial charge in [0.2, 0.25) is 0 Å². The van der Waals surface area contributed by atoms with Crippen LogP contribution in [0, 0.1) is 0 Å². The zero-order chi connectivity index (χ0) is 16.2. The van der Waals surface area contributed by atoms with Crippen molar-refractivity contribution in [2.45, 2.75) is 18.9 Å². The fourth-order valence-corrected chi connectivity index (χ4v) is 2.90. The number of nitrogens with one attached hydrogen (secondary N) is 2. The maximum Gasteiger partial charge on any atom is 0.145 e. The Bertz CT molecular complexity index is 697. The summed E-state index contributed by atoms with van der Waals surface area (Å²) in [7, 11) is 2.16. The first-order valence-corrected chi connectivity index (χ1v) is 7.79. The molecule has 2 aromatic heterocycles. The standard InChI is InChI=1S/C17H22N6/c1-4-13-14(9-20-17(13)18-2)15-10-19-11-16(22-15)21-12-5-7-23(3)8-6-12/h4,9-12,20H,1-2,5-8H2,3H3,(H,21,22). The normalized spacial score (nSPS) is 16.2. The monoisotopic (exact) mass is 310 g/mol. The van der Waals surface area contributed by atoms with Crippen molar-refractivity contribution in [3.63, 3.8) is 0 Å². The molecule has 2 aromatic rings. The molecule has 2 N–H and O–H groups in total. The largest absolute Gasteiger partial charge is 0.366 e. The first-order valence-electron chi connectivity index (χ1n) is 7.79. The Labute approximate surface area is 136 Å². The van der Waals surface area contributed by atoms with Gasteiger partial charge < -0.3 is 15.2 Å². The lowest BCUT2D eigenvalue weighted by Crippen LogP contribution is -2.36. The van der Waals surface area contributed by atoms with Crippen LogP contribution in [0.25, 0.3) is 17.3 Å². The van der Waals surface area contributed by atoms with Gasteiger partial charge in [-0.3, -0.25) is 4.98 Å². The van der Waals surface area contributed by atoms with Gasteiger partial charge in [0, 0.05) is 23.4 Å². The lowest BCUT2D eigenvalue weighted by atomic mass is 10.1. The molecule has 0 bridgehead atoms. The SMILES string of the molecule is C=Cc1c(-c2cncc(NC3CCN(C)CC3)n2)c[nH]c1N=C. The number of anilines is 1. The molecule has 0 aromatic carbocycles. The molecule has 0 atom stereocenters. The molecule has 3 rings (SSSR count). The third-order valence-corrected chi connectivity index (χ3v) is 4.24. The third-order valence-electron chi connectivity index (χ3n) is 4.24. The van der Waals surface area contributed by atoms with E-state index in [-0.39, 0.29) is 0 Å². The Hall–Kier alpha value is -2.47. The molecule has 0 saturated carbocycles. The zero-order valence-corrected chi connectivity index (χ0v) is 13.4. The molecular formula is C17H22N6. The van der Waals surface area contributed by atoms with Gasteiger partial charge in [-0.05, 0) is 39.7 Å². The first kappa shape index (κ1) is 15.4. The van der Waals surface area contributed by atoms with Crippen LogP contribution in [0.1, 0.15) is 18.4 Å². The molecule has 23 heavy (non-hydrogen) atoms. The molecule has 1 aliphatic heterocycles. The van der Waals surface area contributed by atoms with Crippen LogP contribution in [0.3, 0.4) is 0 Å². The molecule has 6 heteroatoms. The van der Waals surface area contributed by atoms with E-state index in [4.69, 9.17) is 4.98 Å². The summed E-state index contributed by atoms with van der Waals surface area (Å²) in [6.45, 7) is 9.63. The lowest BCUT2D eigenvalue weighted by Gasteiger charge is -2.29. The number of rotatable bonds is 5. The van der Waals surface area contributed by atoms with Gasteiger partial charge in [-0.25, -0.2) is 9.98 Å². The predicted octanol–water partition coefficient (Wildman–Crippen LogP) is 2.95. The predicted molar refractivity (Wildman–Crippen MR) is 95.3 cm³/mol. The van der Waals surface area contributed by atoms with Crippen LogP contribution in [0.5, 0.6) is 0 Å². The fourth-order valence-electron chi connectivity index (χ4n) is 2.90. The average Bonchev–Trinajstić information content (AvgIpc) is 3.00. The molecular weight excluding hydrogens is 288 g/mol. The Kier molecular flexibility index (Phi) is 4.52. The van der Waals surface area contributed by atoms with Crippen molar-refractivity contribution >= 4 is 24.4 Å². The molecule has 3 heterocycles. The summed E-state index contributed by atoms with van der Waals surface area (Å²) in [4.78, 5) is 18.4. The van der Waals surface area contributed by atoms with Crippen molar-refractivity contribution in [1.82, 2.24) is 19.9 Å². The Morgan fingerprint density at radius 1 is 1.39 bits per heavy atom. The number of H-pyrrole nitrogens is 1. The number of likely N-dealkylation sites (tertiary alicyclic amines) is 1. The molecule has 0 spiro atoms. The van der Waals surface area contributed by atoms with Crippen molar-refractivity contribution in [2.75, 3.05) is 25.5 Å². The fraction of sp³-hybridized carbons (Fsp3) is 0.353. The molecule has 0 radical (unpaired) electrons. The molecule has 1 fully saturated rings. The van der Waals surface area contributed by atoms with Gasteiger partial charge in [0.25, 0.3) is 0 Å². The van der Waals surface area contributed by atoms with Gasteiger partial charge in [0.1, 0.15) is 11.6 Å². The molecule has 1 saturated heterocycles. The number of aliphatic imine (C=N–C) groups is 1. The Balaban J connectivity index is 1.81. The van der Waals surface area contributed by atoms with E-state index in [1.807, 2.05) is 6.20 Å². The average molecular weight is 310 g/mol. The Morgan fingerprint density at radius 3 is 2.87 bits per heavy atom. The van der Waals surface area contributed by atoms with Crippen LogP contribution < -0.4 is 5.32 Å². The van der Waals surface area contributed by atoms with Crippen LogP contribution >= 0.6 is 0 Å². The number of aromatic amines is 1. The number of aromatic nitrogens is 3. The molecule has 6 nitrogen and oxygen atoms in total. The van der Waals surface area contributed by atoms with E-state index in [1.165, 1.54) is 0 Å². The second-order valence-electron chi connectivity index (χ2n) is 5.84. The maximum atomic E-state index is 4.70. The second-order valence-corrected chi connectivity index (χ2v) is 5.84. The molecule has 120 valence electrons. The summed E-state index contributed by atoms with van der Waals surface area (Å²) >= 11 is 0. The smallest absolute Gasteiger partial charge is 0.145 e. The van der Waals surface area contributed by atoms with E-state index >= 15 is 0 Å². The van der Waals surface area contributed by atoms with Crippen LogP contribution in [0.4, 0.5) is 11.6 Å². The minimum absolute atomic E-state index is 0.450. The van der Waals surface area contributed by atoms with E-state index < -0.39 is 0 Å². The number of piperidine rings is 1. The van der Waals surface area contributed by atoms with E-state index in [9.17, 15) is 0 Å². The number of hydrogen-bond donors (Lipinski definition) is 2. The summed E-state index contributed by atoms with van der Waals surface area (Å²) < 4.78 is 0. The third kappa shape index (κ3) is 3.32. The highest BCUT2D eigenvalue weighted by Crippen LogP contribution is 2.30. The quantitative estimate of drug-likeness (QED) is 0.833. The zero-order valence-electron chi connectivity index (χ0n) is 13.4. The van der Waals surface area contributed by atoms with Crippen LogP contribution in [-0.4, -0.2) is 52.7 Å². The van der Waals surface area contributed by atoms with Crippen molar-refractivity contribution in [3.05, 3.63) is 30.7 Å². The maximum absolute atomic E-state index is 4.70. The van der Waals surface area contributed by atoms with Gasteiger partial charge >= 0.3 is 0 Å². The van der Waals surface area contributed by atoms with Gasteiger partial charge in [0.15, 0.2) is 0 Å². The molecule has 1 aliphatic rings. The highest BCUT2D eigenvalue weighted by molar-refractivity contribution is 5.79. The minimum Gasteiger partial charge on any atom is -0.366 e. The van der Waals surface area contributed by atoms with Crippen molar-refractivity contribution in [1.29, 1.82) is 0 Å². The summed E-state index contributed by atoms with van der Waals surface area (Å²) in [6.07, 6.45) is 9.39. The van der Waals surface area contributed by atoms with Gasteiger partial charge in [-0.2, -0.15) is 0 Å². The molecule has 0 unspecified atom stereocenters. The highest BCUT2D eigenvalue weighted by atomic mass is 15.1. The van der Waals surface area contributed by atoms with E-state index in [1.54, 1.807) is 18.5 Å². The van der Waals surface area contributed by atoms with Crippen molar-refractivity contribution < 1.29 is 0 Å². The van der Waals surface area contributed by atoms with Crippen molar-refractivity contribution in [3.8, 4) is 11.3 Å². The van der Waals surface area contributed by atoms with Crippen molar-refractivity contribution in [2.24, 2.45) is 4.99 Å². The van der Waals surface area contributed by atoms with Gasteiger partial charge in [-0.15, -0.1) is 0 Å². The summed E-state index contributed by atoms with van der Waals surface area (Å²) in [5, 5.41) is 3.50. The van der Waals surface area contributed by atoms with E-state index in [0.717, 1.165) is 48.6 Å². The Morgan fingerprint density at radius 2 is 2.17 bits per heavy atom. The molecule has 0 aliphatic carbocycles. The summed E-state index contributed by atoms with van der Waals surface area (Å²) in [5.41, 5.74) is 2.62. The topological polar surface area (TPSA) is 69.2 Å². The minimum atomic E-state index is 0.450. The highest BCUT2D eigenvalue weighted by Gasteiger charge is 2.17. The van der Waals surface area contributed by atoms with Gasteiger partial charge in [0.05, 0.1) is 18.1 Å².